The molecule has 31 heavy (non-hydrogen) atoms. The van der Waals surface area contributed by atoms with Crippen molar-refractivity contribution < 1.29 is 21.9 Å². The number of amides is 1. The quantitative estimate of drug-likeness (QED) is 0.506. The maximum absolute atomic E-state index is 12.4. The monoisotopic (exact) mass is 444 g/mol. The van der Waals surface area contributed by atoms with Crippen LogP contribution in [0.4, 0.5) is 11.6 Å². The lowest BCUT2D eigenvalue weighted by Gasteiger charge is -2.19. The largest absolute Gasteiger partial charge is 0.384 e. The fourth-order valence-electron chi connectivity index (χ4n) is 2.74. The normalized spacial score (nSPS) is 12.0. The molecule has 10 heteroatoms. The van der Waals surface area contributed by atoms with Crippen molar-refractivity contribution in [2.45, 2.75) is 25.7 Å². The first-order valence-electron chi connectivity index (χ1n) is 9.44. The summed E-state index contributed by atoms with van der Waals surface area (Å²) in [6.45, 7) is 3.40. The molecule has 1 amide bonds. The summed E-state index contributed by atoms with van der Waals surface area (Å²) in [7, 11) is -3.58. The van der Waals surface area contributed by atoms with Crippen molar-refractivity contribution >= 4 is 27.7 Å². The predicted octanol–water partition coefficient (Wildman–Crippen LogP) is 2.75. The van der Waals surface area contributed by atoms with E-state index in [9.17, 15) is 13.2 Å². The van der Waals surface area contributed by atoms with E-state index in [0.717, 1.165) is 22.9 Å². The van der Waals surface area contributed by atoms with E-state index in [-0.39, 0.29) is 24.8 Å². The highest BCUT2D eigenvalue weighted by Crippen LogP contribution is 2.26. The molecule has 3 rings (SSSR count). The number of aromatic nitrogens is 2. The standard InChI is InChI=1S/C21H24N4O5S/c1-21(2,13-29-31(3,27)28)17-11-19(25-30-17)24-20(26)10-14-4-6-15(7-5-14)16-8-9-18(22)23-12-16/h4-9,11-12H,10,13H2,1-3H3,(H2,22,23)(H,24,25,26). The van der Waals surface area contributed by atoms with Gasteiger partial charge in [-0.15, -0.1) is 0 Å². The highest BCUT2D eigenvalue weighted by Gasteiger charge is 2.28. The van der Waals surface area contributed by atoms with Crippen molar-refractivity contribution in [2.24, 2.45) is 0 Å². The van der Waals surface area contributed by atoms with Crippen LogP contribution >= 0.6 is 0 Å². The number of nitrogens with two attached hydrogens (primary N) is 1. The maximum atomic E-state index is 12.4. The van der Waals surface area contributed by atoms with Crippen LogP contribution in [0.25, 0.3) is 11.1 Å². The van der Waals surface area contributed by atoms with Crippen molar-refractivity contribution in [3.05, 3.63) is 60.0 Å². The zero-order valence-electron chi connectivity index (χ0n) is 17.5. The van der Waals surface area contributed by atoms with Gasteiger partial charge in [0.05, 0.1) is 24.7 Å². The van der Waals surface area contributed by atoms with Gasteiger partial charge >= 0.3 is 0 Å². The van der Waals surface area contributed by atoms with Gasteiger partial charge in [-0.1, -0.05) is 43.3 Å². The third-order valence-corrected chi connectivity index (χ3v) is 5.06. The molecule has 3 N–H and O–H groups in total. The molecule has 9 nitrogen and oxygen atoms in total. The average Bonchev–Trinajstić information content (AvgIpc) is 3.17. The number of nitrogen functional groups attached to an aromatic ring is 1. The summed E-state index contributed by atoms with van der Waals surface area (Å²) in [4.78, 5) is 16.4. The Labute approximate surface area is 180 Å². The van der Waals surface area contributed by atoms with Crippen LogP contribution in [0.3, 0.4) is 0 Å². The molecule has 0 spiro atoms. The van der Waals surface area contributed by atoms with E-state index in [1.165, 1.54) is 0 Å². The molecule has 2 heterocycles. The summed E-state index contributed by atoms with van der Waals surface area (Å²) in [5.41, 5.74) is 7.59. The van der Waals surface area contributed by atoms with Crippen molar-refractivity contribution in [3.63, 3.8) is 0 Å². The second-order valence-electron chi connectivity index (χ2n) is 7.82. The first-order chi connectivity index (χ1) is 14.5. The summed E-state index contributed by atoms with van der Waals surface area (Å²) in [6, 6.07) is 12.7. The molecule has 0 saturated carbocycles. The van der Waals surface area contributed by atoms with Gasteiger partial charge in [-0.2, -0.15) is 8.42 Å². The fourth-order valence-corrected chi connectivity index (χ4v) is 3.25. The SMILES string of the molecule is CC(C)(COS(C)(=O)=O)c1cc(NC(=O)Cc2ccc(-c3ccc(N)nc3)cc2)no1. The lowest BCUT2D eigenvalue weighted by molar-refractivity contribution is -0.115. The van der Waals surface area contributed by atoms with Crippen LogP contribution in [-0.4, -0.2) is 37.3 Å². The molecule has 164 valence electrons. The summed E-state index contributed by atoms with van der Waals surface area (Å²) < 4.78 is 32.5. The molecule has 0 fully saturated rings. The van der Waals surface area contributed by atoms with E-state index in [4.69, 9.17) is 14.4 Å². The molecule has 0 radical (unpaired) electrons. The minimum Gasteiger partial charge on any atom is -0.384 e. The molecule has 2 aromatic heterocycles. The molecule has 0 aliphatic carbocycles. The molecular formula is C21H24N4O5S. The third kappa shape index (κ3) is 6.37. The van der Waals surface area contributed by atoms with Crippen LogP contribution in [0, 0.1) is 0 Å². The summed E-state index contributed by atoms with van der Waals surface area (Å²) in [5.74, 6) is 0.844. The van der Waals surface area contributed by atoms with Gasteiger partial charge < -0.3 is 15.6 Å². The van der Waals surface area contributed by atoms with Gasteiger partial charge in [-0.3, -0.25) is 8.98 Å². The zero-order chi connectivity index (χ0) is 22.6. The number of carbonyl (C=O) groups is 1. The number of hydrogen-bond acceptors (Lipinski definition) is 8. The van der Waals surface area contributed by atoms with Crippen LogP contribution < -0.4 is 11.1 Å². The summed E-state index contributed by atoms with van der Waals surface area (Å²) in [6.07, 6.45) is 2.83. The first-order valence-corrected chi connectivity index (χ1v) is 11.3. The lowest BCUT2D eigenvalue weighted by atomic mass is 9.92. The molecule has 1 aromatic carbocycles. The van der Waals surface area contributed by atoms with Gasteiger partial charge in [0.15, 0.2) is 5.82 Å². The minimum absolute atomic E-state index is 0.107. The zero-order valence-corrected chi connectivity index (χ0v) is 18.3. The number of hydrogen-bond donors (Lipinski definition) is 2. The highest BCUT2D eigenvalue weighted by molar-refractivity contribution is 7.85. The van der Waals surface area contributed by atoms with E-state index in [1.807, 2.05) is 30.3 Å². The van der Waals surface area contributed by atoms with Crippen LogP contribution in [0.1, 0.15) is 25.2 Å². The van der Waals surface area contributed by atoms with Gasteiger partial charge in [0.25, 0.3) is 10.1 Å². The number of anilines is 2. The number of pyridine rings is 1. The minimum atomic E-state index is -3.58. The average molecular weight is 445 g/mol. The second-order valence-corrected chi connectivity index (χ2v) is 9.46. The molecule has 0 bridgehead atoms. The van der Waals surface area contributed by atoms with Gasteiger partial charge in [-0.05, 0) is 23.3 Å². The predicted molar refractivity (Wildman–Crippen MR) is 117 cm³/mol. The third-order valence-electron chi connectivity index (χ3n) is 4.52. The van der Waals surface area contributed by atoms with Gasteiger partial charge in [0, 0.05) is 17.8 Å². The molecule has 0 aliphatic rings. The first kappa shape index (κ1) is 22.4. The lowest BCUT2D eigenvalue weighted by Crippen LogP contribution is -2.25. The molecule has 3 aromatic rings. The van der Waals surface area contributed by atoms with Crippen molar-refractivity contribution in [1.82, 2.24) is 10.1 Å². The van der Waals surface area contributed by atoms with E-state index in [0.29, 0.717) is 11.6 Å². The molecule has 0 atom stereocenters. The number of nitrogens with zero attached hydrogens (tertiary/aromatic N) is 2. The topological polar surface area (TPSA) is 137 Å². The molecule has 0 aliphatic heterocycles. The number of rotatable bonds is 8. The van der Waals surface area contributed by atoms with Crippen molar-refractivity contribution in [3.8, 4) is 11.1 Å². The number of carbonyl (C=O) groups excluding carboxylic acids is 1. The second kappa shape index (κ2) is 8.86. The Kier molecular flexibility index (Phi) is 6.42. The smallest absolute Gasteiger partial charge is 0.264 e. The molecule has 0 saturated heterocycles. The Morgan fingerprint density at radius 2 is 1.84 bits per heavy atom. The van der Waals surface area contributed by atoms with Crippen molar-refractivity contribution in [1.29, 1.82) is 0 Å². The number of nitrogens with one attached hydrogen (secondary N) is 1. The van der Waals surface area contributed by atoms with E-state index in [1.54, 1.807) is 32.2 Å². The van der Waals surface area contributed by atoms with E-state index < -0.39 is 15.5 Å². The maximum Gasteiger partial charge on any atom is 0.264 e. The Morgan fingerprint density at radius 1 is 1.16 bits per heavy atom. The molecule has 0 unspecified atom stereocenters. The van der Waals surface area contributed by atoms with Crippen LogP contribution in [0.15, 0.2) is 53.2 Å². The molecular weight excluding hydrogens is 420 g/mol. The fraction of sp³-hybridized carbons (Fsp3) is 0.286. The van der Waals surface area contributed by atoms with Crippen molar-refractivity contribution in [2.75, 3.05) is 23.9 Å². The Morgan fingerprint density at radius 3 is 2.45 bits per heavy atom. The summed E-state index contributed by atoms with van der Waals surface area (Å²) in [5, 5.41) is 6.52. The van der Waals surface area contributed by atoms with Crippen LogP contribution in [0.2, 0.25) is 0 Å². The highest BCUT2D eigenvalue weighted by atomic mass is 32.2. The van der Waals surface area contributed by atoms with Crippen LogP contribution in [0.5, 0.6) is 0 Å². The van der Waals surface area contributed by atoms with E-state index in [2.05, 4.69) is 15.5 Å². The van der Waals surface area contributed by atoms with Gasteiger partial charge in [-0.25, -0.2) is 4.98 Å². The summed E-state index contributed by atoms with van der Waals surface area (Å²) >= 11 is 0. The van der Waals surface area contributed by atoms with Crippen LogP contribution in [-0.2, 0) is 30.9 Å². The number of benzene rings is 1. The van der Waals surface area contributed by atoms with Gasteiger partial charge in [0.2, 0.25) is 5.91 Å². The Balaban J connectivity index is 1.59. The Hall–Kier alpha value is -3.24. The van der Waals surface area contributed by atoms with E-state index >= 15 is 0 Å². The Bertz CT molecular complexity index is 1150. The van der Waals surface area contributed by atoms with Gasteiger partial charge in [0.1, 0.15) is 11.6 Å².